The van der Waals surface area contributed by atoms with Crippen LogP contribution in [0.2, 0.25) is 0 Å². The maximum absolute atomic E-state index is 10.5. The molecule has 2 saturated carbocycles. The van der Waals surface area contributed by atoms with Crippen molar-refractivity contribution in [3.05, 3.63) is 0 Å². The summed E-state index contributed by atoms with van der Waals surface area (Å²) < 4.78 is 0. The zero-order valence-electron chi connectivity index (χ0n) is 8.76. The van der Waals surface area contributed by atoms with E-state index >= 15 is 0 Å². The molecular weight excluding hydrogens is 174 g/mol. The van der Waals surface area contributed by atoms with Gasteiger partial charge in [0, 0.05) is 0 Å². The maximum atomic E-state index is 10.5. The molecule has 0 heterocycles. The lowest BCUT2D eigenvalue weighted by Crippen LogP contribution is -2.46. The first kappa shape index (κ1) is 9.98. The van der Waals surface area contributed by atoms with Crippen LogP contribution in [0.25, 0.3) is 0 Å². The van der Waals surface area contributed by atoms with Gasteiger partial charge in [-0.05, 0) is 25.7 Å². The highest BCUT2D eigenvalue weighted by molar-refractivity contribution is 5.13. The van der Waals surface area contributed by atoms with Crippen LogP contribution in [-0.2, 0) is 0 Å². The fourth-order valence-electron chi connectivity index (χ4n) is 3.27. The maximum Gasteiger partial charge on any atom is 0.0860 e. The summed E-state index contributed by atoms with van der Waals surface area (Å²) in [5.74, 6) is 0. The lowest BCUT2D eigenvalue weighted by Gasteiger charge is -2.42. The molecule has 0 unspecified atom stereocenters. The van der Waals surface area contributed by atoms with E-state index in [0.29, 0.717) is 0 Å². The molecular formula is C12H19NO. The molecule has 0 aliphatic heterocycles. The van der Waals surface area contributed by atoms with E-state index in [1.807, 2.05) is 0 Å². The summed E-state index contributed by atoms with van der Waals surface area (Å²) in [6.45, 7) is 0. The van der Waals surface area contributed by atoms with Crippen LogP contribution >= 0.6 is 0 Å². The Labute approximate surface area is 85.9 Å². The fraction of sp³-hybridized carbons (Fsp3) is 0.917. The van der Waals surface area contributed by atoms with E-state index in [2.05, 4.69) is 6.07 Å². The number of nitrogens with zero attached hydrogens (tertiary/aromatic N) is 1. The minimum atomic E-state index is -0.651. The second-order valence-electron chi connectivity index (χ2n) is 4.99. The Morgan fingerprint density at radius 3 is 1.86 bits per heavy atom. The van der Waals surface area contributed by atoms with Crippen LogP contribution in [-0.4, -0.2) is 10.7 Å². The number of rotatable bonds is 1. The van der Waals surface area contributed by atoms with Crippen molar-refractivity contribution >= 4 is 0 Å². The molecule has 2 fully saturated rings. The largest absolute Gasteiger partial charge is 0.388 e. The molecule has 2 heteroatoms. The van der Waals surface area contributed by atoms with Crippen molar-refractivity contribution in [2.75, 3.05) is 0 Å². The summed E-state index contributed by atoms with van der Waals surface area (Å²) in [7, 11) is 0. The minimum absolute atomic E-state index is 0.401. The summed E-state index contributed by atoms with van der Waals surface area (Å²) in [4.78, 5) is 0. The highest BCUT2D eigenvalue weighted by Gasteiger charge is 2.52. The van der Waals surface area contributed by atoms with Gasteiger partial charge in [0.05, 0.1) is 17.1 Å². The van der Waals surface area contributed by atoms with Crippen LogP contribution in [0.15, 0.2) is 0 Å². The smallest absolute Gasteiger partial charge is 0.0860 e. The molecule has 2 nitrogen and oxygen atoms in total. The van der Waals surface area contributed by atoms with Crippen LogP contribution < -0.4 is 0 Å². The number of hydrogen-bond donors (Lipinski definition) is 1. The van der Waals surface area contributed by atoms with Gasteiger partial charge in [-0.3, -0.25) is 0 Å². The summed E-state index contributed by atoms with van der Waals surface area (Å²) in [6.07, 6.45) is 9.20. The molecule has 0 radical (unpaired) electrons. The van der Waals surface area contributed by atoms with E-state index in [9.17, 15) is 10.4 Å². The average Bonchev–Trinajstić information content (AvgIpc) is 2.68. The molecule has 2 aliphatic rings. The van der Waals surface area contributed by atoms with Gasteiger partial charge >= 0.3 is 0 Å². The van der Waals surface area contributed by atoms with Crippen molar-refractivity contribution in [1.82, 2.24) is 0 Å². The number of aliphatic hydroxyl groups is 1. The van der Waals surface area contributed by atoms with Gasteiger partial charge in [-0.2, -0.15) is 5.26 Å². The molecule has 0 bridgehead atoms. The van der Waals surface area contributed by atoms with Gasteiger partial charge in [-0.25, -0.2) is 0 Å². The molecule has 0 amide bonds. The van der Waals surface area contributed by atoms with E-state index < -0.39 is 11.0 Å². The van der Waals surface area contributed by atoms with Crippen LogP contribution in [0, 0.1) is 16.7 Å². The van der Waals surface area contributed by atoms with Gasteiger partial charge < -0.3 is 5.11 Å². The van der Waals surface area contributed by atoms with Crippen molar-refractivity contribution in [2.24, 2.45) is 5.41 Å². The Morgan fingerprint density at radius 2 is 1.36 bits per heavy atom. The zero-order valence-corrected chi connectivity index (χ0v) is 8.76. The summed E-state index contributed by atoms with van der Waals surface area (Å²) in [5.41, 5.74) is -1.05. The molecule has 78 valence electrons. The fourth-order valence-corrected chi connectivity index (χ4v) is 3.27. The van der Waals surface area contributed by atoms with Gasteiger partial charge in [-0.15, -0.1) is 0 Å². The van der Waals surface area contributed by atoms with Crippen LogP contribution in [0.4, 0.5) is 0 Å². The van der Waals surface area contributed by atoms with Gasteiger partial charge in [0.15, 0.2) is 0 Å². The third kappa shape index (κ3) is 1.35. The van der Waals surface area contributed by atoms with Crippen molar-refractivity contribution in [3.8, 4) is 6.07 Å². The summed E-state index contributed by atoms with van der Waals surface area (Å²) in [5, 5.41) is 19.9. The minimum Gasteiger partial charge on any atom is -0.388 e. The molecule has 2 aliphatic carbocycles. The Bertz CT molecular complexity index is 242. The topological polar surface area (TPSA) is 44.0 Å². The second kappa shape index (κ2) is 3.55. The van der Waals surface area contributed by atoms with E-state index in [-0.39, 0.29) is 0 Å². The average molecular weight is 193 g/mol. The van der Waals surface area contributed by atoms with Crippen LogP contribution in [0.5, 0.6) is 0 Å². The lowest BCUT2D eigenvalue weighted by atomic mass is 9.63. The predicted octanol–water partition coefficient (Wildman–Crippen LogP) is 2.77. The SMILES string of the molecule is N#CC1(C2(O)CCCC2)CCCCC1. The highest BCUT2D eigenvalue weighted by Crippen LogP contribution is 2.51. The van der Waals surface area contributed by atoms with Gasteiger partial charge in [0.25, 0.3) is 0 Å². The molecule has 0 saturated heterocycles. The van der Waals surface area contributed by atoms with E-state index in [4.69, 9.17) is 0 Å². The molecule has 14 heavy (non-hydrogen) atoms. The van der Waals surface area contributed by atoms with Gasteiger partial charge in [0.1, 0.15) is 0 Å². The first-order valence-electron chi connectivity index (χ1n) is 5.86. The number of hydrogen-bond acceptors (Lipinski definition) is 2. The third-order valence-electron chi connectivity index (χ3n) is 4.24. The summed E-state index contributed by atoms with van der Waals surface area (Å²) >= 11 is 0. The molecule has 0 spiro atoms. The van der Waals surface area contributed by atoms with E-state index in [0.717, 1.165) is 51.4 Å². The highest BCUT2D eigenvalue weighted by atomic mass is 16.3. The van der Waals surface area contributed by atoms with Crippen LogP contribution in [0.1, 0.15) is 57.8 Å². The van der Waals surface area contributed by atoms with Crippen molar-refractivity contribution in [2.45, 2.75) is 63.4 Å². The Kier molecular flexibility index (Phi) is 2.53. The Balaban J connectivity index is 2.22. The van der Waals surface area contributed by atoms with E-state index in [1.54, 1.807) is 0 Å². The molecule has 1 N–H and O–H groups in total. The van der Waals surface area contributed by atoms with Gasteiger partial charge in [-0.1, -0.05) is 32.1 Å². The second-order valence-corrected chi connectivity index (χ2v) is 4.99. The standard InChI is InChI=1S/C12H19NO/c13-10-11(6-2-1-3-7-11)12(14)8-4-5-9-12/h14H,1-9H2. The first-order valence-corrected chi connectivity index (χ1v) is 5.86. The van der Waals surface area contributed by atoms with Gasteiger partial charge in [0.2, 0.25) is 0 Å². The lowest BCUT2D eigenvalue weighted by molar-refractivity contribution is -0.0668. The van der Waals surface area contributed by atoms with Crippen LogP contribution in [0.3, 0.4) is 0 Å². The quantitative estimate of drug-likeness (QED) is 0.696. The molecule has 0 aromatic rings. The Morgan fingerprint density at radius 1 is 0.857 bits per heavy atom. The molecule has 2 rings (SSSR count). The third-order valence-corrected chi connectivity index (χ3v) is 4.24. The molecule has 0 aromatic heterocycles. The van der Waals surface area contributed by atoms with Crippen molar-refractivity contribution in [1.29, 1.82) is 5.26 Å². The first-order chi connectivity index (χ1) is 6.72. The van der Waals surface area contributed by atoms with E-state index in [1.165, 1.54) is 6.42 Å². The zero-order chi connectivity index (χ0) is 10.1. The Hall–Kier alpha value is -0.550. The van der Waals surface area contributed by atoms with Crippen molar-refractivity contribution in [3.63, 3.8) is 0 Å². The molecule has 0 aromatic carbocycles. The number of nitriles is 1. The monoisotopic (exact) mass is 193 g/mol. The molecule has 0 atom stereocenters. The normalized spacial score (nSPS) is 29.7. The summed E-state index contributed by atoms with van der Waals surface area (Å²) in [6, 6.07) is 2.45. The predicted molar refractivity (Wildman–Crippen MR) is 54.5 cm³/mol. The van der Waals surface area contributed by atoms with Crippen molar-refractivity contribution < 1.29 is 5.11 Å².